The first-order chi connectivity index (χ1) is 16.3. The molecule has 1 aliphatic rings. The number of non-ortho nitro benzene ring substituents is 1. The predicted octanol–water partition coefficient (Wildman–Crippen LogP) is 2.04. The second-order valence-corrected chi connectivity index (χ2v) is 7.25. The Bertz CT molecular complexity index is 1130. The zero-order chi connectivity index (χ0) is 24.8. The molecule has 3 rings (SSSR count). The van der Waals surface area contributed by atoms with Crippen LogP contribution in [-0.2, 0) is 14.3 Å². The van der Waals surface area contributed by atoms with Crippen molar-refractivity contribution in [3.8, 4) is 11.5 Å². The lowest BCUT2D eigenvalue weighted by Gasteiger charge is -2.26. The highest BCUT2D eigenvalue weighted by Crippen LogP contribution is 2.42. The first-order valence-corrected chi connectivity index (χ1v) is 10.3. The van der Waals surface area contributed by atoms with Gasteiger partial charge in [-0.2, -0.15) is 0 Å². The molecule has 1 aliphatic heterocycles. The number of ketones is 1. The summed E-state index contributed by atoms with van der Waals surface area (Å²) in [5.41, 5.74) is -0.0292. The molecule has 2 N–H and O–H groups in total. The van der Waals surface area contributed by atoms with E-state index in [-0.39, 0.29) is 43.2 Å². The monoisotopic (exact) mass is 472 g/mol. The highest BCUT2D eigenvalue weighted by Gasteiger charge is 2.46. The third-order valence-corrected chi connectivity index (χ3v) is 5.31. The van der Waals surface area contributed by atoms with Crippen molar-refractivity contribution in [1.29, 1.82) is 0 Å². The van der Waals surface area contributed by atoms with Gasteiger partial charge in [-0.1, -0.05) is 18.2 Å². The average molecular weight is 472 g/mol. The molecule has 2 aromatic carbocycles. The van der Waals surface area contributed by atoms with Gasteiger partial charge in [0, 0.05) is 24.2 Å². The van der Waals surface area contributed by atoms with Gasteiger partial charge < -0.3 is 29.3 Å². The highest BCUT2D eigenvalue weighted by molar-refractivity contribution is 6.46. The maximum atomic E-state index is 13.0. The summed E-state index contributed by atoms with van der Waals surface area (Å²) in [6.07, 6.45) is 0. The fourth-order valence-corrected chi connectivity index (χ4v) is 3.73. The van der Waals surface area contributed by atoms with Crippen LogP contribution < -0.4 is 9.47 Å². The van der Waals surface area contributed by atoms with Crippen molar-refractivity contribution in [2.45, 2.75) is 6.04 Å². The molecule has 0 bridgehead atoms. The van der Waals surface area contributed by atoms with Crippen LogP contribution in [0.4, 0.5) is 5.69 Å². The van der Waals surface area contributed by atoms with Gasteiger partial charge in [0.2, 0.25) is 0 Å². The van der Waals surface area contributed by atoms with Crippen molar-refractivity contribution < 1.29 is 38.9 Å². The quantitative estimate of drug-likeness (QED) is 0.132. The number of hydrogen-bond donors (Lipinski definition) is 2. The number of nitrogens with zero attached hydrogens (tertiary/aromatic N) is 2. The number of aliphatic hydroxyl groups excluding tert-OH is 2. The molecule has 34 heavy (non-hydrogen) atoms. The van der Waals surface area contributed by atoms with Crippen molar-refractivity contribution >= 4 is 23.1 Å². The van der Waals surface area contributed by atoms with E-state index in [1.807, 2.05) is 0 Å². The largest absolute Gasteiger partial charge is 0.507 e. The average Bonchev–Trinajstić information content (AvgIpc) is 3.10. The number of benzene rings is 2. The lowest BCUT2D eigenvalue weighted by atomic mass is 9.95. The van der Waals surface area contributed by atoms with Gasteiger partial charge in [-0.25, -0.2) is 0 Å². The molecule has 11 heteroatoms. The number of likely N-dealkylation sites (tertiary alicyclic amines) is 1. The zero-order valence-electron chi connectivity index (χ0n) is 18.6. The molecule has 1 atom stereocenters. The van der Waals surface area contributed by atoms with Crippen LogP contribution in [0.5, 0.6) is 11.5 Å². The number of carbonyl (C=O) groups excluding carboxylic acids is 2. The van der Waals surface area contributed by atoms with E-state index >= 15 is 0 Å². The number of amides is 1. The lowest BCUT2D eigenvalue weighted by Crippen LogP contribution is -2.33. The molecule has 11 nitrogen and oxygen atoms in total. The number of ether oxygens (including phenoxy) is 3. The Morgan fingerprint density at radius 2 is 1.82 bits per heavy atom. The van der Waals surface area contributed by atoms with Crippen LogP contribution in [0.15, 0.2) is 48.0 Å². The Balaban J connectivity index is 2.15. The van der Waals surface area contributed by atoms with Gasteiger partial charge >= 0.3 is 0 Å². The summed E-state index contributed by atoms with van der Waals surface area (Å²) in [5, 5.41) is 31.1. The maximum absolute atomic E-state index is 13.0. The van der Waals surface area contributed by atoms with Gasteiger partial charge in [-0.3, -0.25) is 19.7 Å². The van der Waals surface area contributed by atoms with Gasteiger partial charge in [0.1, 0.15) is 5.76 Å². The fraction of sp³-hybridized carbons (Fsp3) is 0.304. The van der Waals surface area contributed by atoms with E-state index < -0.39 is 28.4 Å². The van der Waals surface area contributed by atoms with Crippen molar-refractivity contribution in [1.82, 2.24) is 4.90 Å². The van der Waals surface area contributed by atoms with Gasteiger partial charge in [0.05, 0.1) is 50.6 Å². The third kappa shape index (κ3) is 4.85. The molecule has 0 aliphatic carbocycles. The van der Waals surface area contributed by atoms with Crippen molar-refractivity contribution in [3.05, 3.63) is 69.3 Å². The van der Waals surface area contributed by atoms with Crippen LogP contribution in [-0.4, -0.2) is 72.3 Å². The molecule has 0 spiro atoms. The number of Topliss-reactive ketones (excluding diaryl/α,β-unsaturated/α-hetero) is 1. The minimum atomic E-state index is -1.02. The molecule has 180 valence electrons. The zero-order valence-corrected chi connectivity index (χ0v) is 18.6. The number of rotatable bonds is 10. The van der Waals surface area contributed by atoms with Gasteiger partial charge in [-0.15, -0.1) is 0 Å². The van der Waals surface area contributed by atoms with E-state index in [0.29, 0.717) is 17.1 Å². The maximum Gasteiger partial charge on any atom is 0.295 e. The molecular formula is C23H24N2O9. The van der Waals surface area contributed by atoms with E-state index in [2.05, 4.69) is 0 Å². The summed E-state index contributed by atoms with van der Waals surface area (Å²) < 4.78 is 15.9. The van der Waals surface area contributed by atoms with Crippen molar-refractivity contribution in [2.24, 2.45) is 0 Å². The van der Waals surface area contributed by atoms with E-state index in [1.54, 1.807) is 18.2 Å². The second-order valence-electron chi connectivity index (χ2n) is 7.25. The fourth-order valence-electron chi connectivity index (χ4n) is 3.73. The summed E-state index contributed by atoms with van der Waals surface area (Å²) in [5.74, 6) is -1.57. The summed E-state index contributed by atoms with van der Waals surface area (Å²) in [4.78, 5) is 37.7. The van der Waals surface area contributed by atoms with Gasteiger partial charge in [0.25, 0.3) is 17.4 Å². The number of carbonyl (C=O) groups is 2. The molecule has 1 unspecified atom stereocenters. The molecule has 1 saturated heterocycles. The summed E-state index contributed by atoms with van der Waals surface area (Å²) in [6, 6.07) is 8.94. The van der Waals surface area contributed by atoms with Crippen LogP contribution in [0.1, 0.15) is 17.2 Å². The Labute approximate surface area is 194 Å². The first kappa shape index (κ1) is 24.7. The summed E-state index contributed by atoms with van der Waals surface area (Å²) in [6.45, 7) is -0.118. The van der Waals surface area contributed by atoms with E-state index in [0.717, 1.165) is 6.07 Å². The van der Waals surface area contributed by atoms with Gasteiger partial charge in [0.15, 0.2) is 11.5 Å². The first-order valence-electron chi connectivity index (χ1n) is 10.3. The van der Waals surface area contributed by atoms with Crippen molar-refractivity contribution in [2.75, 3.05) is 40.6 Å². The molecule has 1 heterocycles. The predicted molar refractivity (Wildman–Crippen MR) is 120 cm³/mol. The van der Waals surface area contributed by atoms with Gasteiger partial charge in [-0.05, 0) is 17.7 Å². The third-order valence-electron chi connectivity index (χ3n) is 5.31. The molecule has 2 aromatic rings. The molecule has 0 radical (unpaired) electrons. The SMILES string of the molecule is COc1ccc(C2/C(=C(/O)c3cccc([N+](=O)[O-])c3)C(=O)C(=O)N2CCOCCO)cc1OC. The number of nitro groups is 1. The van der Waals surface area contributed by atoms with Crippen LogP contribution in [0.2, 0.25) is 0 Å². The number of hydrogen-bond acceptors (Lipinski definition) is 9. The van der Waals surface area contributed by atoms with Crippen LogP contribution >= 0.6 is 0 Å². The van der Waals surface area contributed by atoms with Crippen LogP contribution in [0.25, 0.3) is 5.76 Å². The Morgan fingerprint density at radius 3 is 2.47 bits per heavy atom. The second kappa shape index (κ2) is 10.8. The summed E-state index contributed by atoms with van der Waals surface area (Å²) in [7, 11) is 2.90. The Kier molecular flexibility index (Phi) is 7.82. The Morgan fingerprint density at radius 1 is 1.09 bits per heavy atom. The standard InChI is InChI=1S/C23H24N2O9/c1-32-17-7-6-14(13-18(17)33-2)20-19(21(27)15-4-3-5-16(12-15)25(30)31)22(28)23(29)24(20)8-10-34-11-9-26/h3-7,12-13,20,26-27H,8-11H2,1-2H3/b21-19-. The van der Waals surface area contributed by atoms with Crippen LogP contribution in [0.3, 0.4) is 0 Å². The van der Waals surface area contributed by atoms with Crippen LogP contribution in [0, 0.1) is 10.1 Å². The van der Waals surface area contributed by atoms with Crippen molar-refractivity contribution in [3.63, 3.8) is 0 Å². The van der Waals surface area contributed by atoms with E-state index in [1.165, 1.54) is 37.3 Å². The minimum absolute atomic E-state index is 0.00466. The smallest absolute Gasteiger partial charge is 0.295 e. The lowest BCUT2D eigenvalue weighted by molar-refractivity contribution is -0.384. The topological polar surface area (TPSA) is 149 Å². The Hall–Kier alpha value is -3.96. The van der Waals surface area contributed by atoms with E-state index in [4.69, 9.17) is 19.3 Å². The summed E-state index contributed by atoms with van der Waals surface area (Å²) >= 11 is 0. The molecule has 1 fully saturated rings. The number of methoxy groups -OCH3 is 2. The molecule has 1 amide bonds. The molecular weight excluding hydrogens is 448 g/mol. The normalized spacial score (nSPS) is 17.1. The molecule has 0 aromatic heterocycles. The highest BCUT2D eigenvalue weighted by atomic mass is 16.6. The minimum Gasteiger partial charge on any atom is -0.507 e. The van der Waals surface area contributed by atoms with E-state index in [9.17, 15) is 24.8 Å². The number of aliphatic hydroxyl groups is 2. The molecule has 0 saturated carbocycles. The number of nitro benzene ring substituents is 1.